The fourth-order valence-electron chi connectivity index (χ4n) is 10.8. The van der Waals surface area contributed by atoms with Crippen LogP contribution in [0, 0.1) is 0 Å². The summed E-state index contributed by atoms with van der Waals surface area (Å²) in [6.45, 7) is 2.30. The molecule has 109 heavy (non-hydrogen) atoms. The van der Waals surface area contributed by atoms with Gasteiger partial charge in [-0.25, -0.2) is 9.13 Å². The molecule has 0 bridgehead atoms. The highest BCUT2D eigenvalue weighted by atomic mass is 31.2. The summed E-state index contributed by atoms with van der Waals surface area (Å²) in [5.74, 6) is -1.62. The van der Waals surface area contributed by atoms with Crippen LogP contribution in [0.3, 0.4) is 0 Å². The summed E-state index contributed by atoms with van der Waals surface area (Å²) in [5, 5.41) is 20.7. The molecule has 0 aromatic rings. The molecule has 0 rings (SSSR count). The average molecular weight is 1560 g/mol. The van der Waals surface area contributed by atoms with Crippen molar-refractivity contribution in [1.82, 2.24) is 0 Å². The fraction of sp³-hybridized carbons (Fsp3) is 0.637. The van der Waals surface area contributed by atoms with E-state index in [1.807, 2.05) is 0 Å². The summed E-state index contributed by atoms with van der Waals surface area (Å²) in [6, 6.07) is 0. The Morgan fingerprint density at radius 1 is 0.257 bits per heavy atom. The monoisotopic (exact) mass is 1560 g/mol. The minimum atomic E-state index is -4.95. The molecular formula is C91H150O16P2. The van der Waals surface area contributed by atoms with Crippen molar-refractivity contribution >= 4 is 33.6 Å². The second kappa shape index (κ2) is 82.1. The topological polar surface area (TPSA) is 231 Å². The van der Waals surface area contributed by atoms with Gasteiger partial charge in [-0.15, -0.1) is 0 Å². The van der Waals surface area contributed by atoms with Crippen LogP contribution in [0.4, 0.5) is 0 Å². The molecule has 0 aromatic carbocycles. The van der Waals surface area contributed by atoms with E-state index in [1.54, 1.807) is 0 Å². The van der Waals surface area contributed by atoms with E-state index in [2.05, 4.69) is 203 Å². The maximum Gasteiger partial charge on any atom is 0.472 e. The maximum atomic E-state index is 13.0. The van der Waals surface area contributed by atoms with Gasteiger partial charge in [0, 0.05) is 19.3 Å². The number of carbonyl (C=O) groups excluding carboxylic acids is 3. The summed E-state index contributed by atoms with van der Waals surface area (Å²) in [5.41, 5.74) is 0. The molecule has 0 spiro atoms. The quantitative estimate of drug-likeness (QED) is 0.0146. The molecule has 0 aliphatic rings. The highest BCUT2D eigenvalue weighted by Crippen LogP contribution is 2.45. The number of phosphoric acid groups is 2. The molecule has 0 heterocycles. The van der Waals surface area contributed by atoms with Gasteiger partial charge in [-0.2, -0.15) is 0 Å². The van der Waals surface area contributed by atoms with Crippen molar-refractivity contribution < 1.29 is 75.8 Å². The summed E-state index contributed by atoms with van der Waals surface area (Å²) in [4.78, 5) is 58.8. The number of rotatable bonds is 78. The lowest BCUT2D eigenvalue weighted by atomic mass is 10.0. The summed E-state index contributed by atoms with van der Waals surface area (Å²) >= 11 is 0. The molecule has 5 atom stereocenters. The molecule has 16 nitrogen and oxygen atoms in total. The van der Waals surface area contributed by atoms with Crippen LogP contribution in [-0.2, 0) is 55.8 Å². The molecule has 4 N–H and O–H groups in total. The molecule has 0 aromatic heterocycles. The van der Waals surface area contributed by atoms with Crippen molar-refractivity contribution in [3.05, 3.63) is 182 Å². The van der Waals surface area contributed by atoms with Gasteiger partial charge in [0.15, 0.2) is 6.10 Å². The molecule has 0 amide bonds. The number of unbranched alkanes of at least 4 members (excludes halogenated alkanes) is 25. The molecule has 0 radical (unpaired) electrons. The standard InChI is InChI=1S/C91H150O16P2/c1-4-7-10-13-16-19-22-25-28-31-33-35-37-38-39-40-41-42-43-44-45-46-48-50-51-54-56-59-62-65-68-71-74-77-89(94)101-80-86(92)81-103-108(97,98)104-82-87(93)83-105-109(99,100)106-85-88(107-91(96)79-76-73-70-67-64-61-58-53-30-27-24-21-18-15-12-9-6-3)84-102-90(95)78-75-72-69-66-63-60-57-55-52-49-47-36-34-32-29-26-23-20-17-14-11-8-5-2/h7-12,16-21,25-30,33-36,38-39,41-42,49,52,58,61,86-88,92-93H,4-6,13-15,22-24,31-32,37,40,43-48,50-51,53-57,59-60,62-85H2,1-3H3,(H,97,98)(H,99,100)/b10-7-,11-8-,12-9-,19-16-,20-17-,21-18-,28-25-,29-26-,30-27-,35-33-,36-34-,39-38-,42-41-,52-49-,61-58-. The first-order chi connectivity index (χ1) is 53.2. The van der Waals surface area contributed by atoms with E-state index in [0.29, 0.717) is 19.3 Å². The van der Waals surface area contributed by atoms with Gasteiger partial charge in [0.1, 0.15) is 25.4 Å². The van der Waals surface area contributed by atoms with Gasteiger partial charge >= 0.3 is 33.6 Å². The van der Waals surface area contributed by atoms with Crippen LogP contribution in [0.5, 0.6) is 0 Å². The Kier molecular flexibility index (Phi) is 78.1. The predicted molar refractivity (Wildman–Crippen MR) is 454 cm³/mol. The van der Waals surface area contributed by atoms with Crippen LogP contribution in [0.1, 0.15) is 316 Å². The lowest BCUT2D eigenvalue weighted by molar-refractivity contribution is -0.161. The molecule has 0 saturated heterocycles. The second-order valence-corrected chi connectivity index (χ2v) is 30.4. The Morgan fingerprint density at radius 3 is 0.725 bits per heavy atom. The summed E-state index contributed by atoms with van der Waals surface area (Å²) in [7, 11) is -9.82. The lowest BCUT2D eigenvalue weighted by Gasteiger charge is -2.21. The van der Waals surface area contributed by atoms with Crippen LogP contribution >= 0.6 is 15.6 Å². The molecule has 620 valence electrons. The zero-order chi connectivity index (χ0) is 79.4. The Hall–Kier alpha value is -5.35. The number of hydrogen-bond acceptors (Lipinski definition) is 14. The number of carbonyl (C=O) groups is 3. The third-order valence-corrected chi connectivity index (χ3v) is 19.0. The first-order valence-corrected chi connectivity index (χ1v) is 45.1. The largest absolute Gasteiger partial charge is 0.472 e. The van der Waals surface area contributed by atoms with Crippen LogP contribution in [0.2, 0.25) is 0 Å². The van der Waals surface area contributed by atoms with E-state index in [-0.39, 0.29) is 19.3 Å². The van der Waals surface area contributed by atoms with E-state index < -0.39 is 91.5 Å². The van der Waals surface area contributed by atoms with Gasteiger partial charge in [-0.3, -0.25) is 32.5 Å². The smallest absolute Gasteiger partial charge is 0.463 e. The van der Waals surface area contributed by atoms with E-state index in [4.69, 9.17) is 32.3 Å². The Bertz CT molecular complexity index is 2710. The number of esters is 3. The van der Waals surface area contributed by atoms with E-state index in [1.165, 1.54) is 64.2 Å². The predicted octanol–water partition coefficient (Wildman–Crippen LogP) is 25.3. The van der Waals surface area contributed by atoms with Crippen molar-refractivity contribution in [2.24, 2.45) is 0 Å². The van der Waals surface area contributed by atoms with Crippen LogP contribution in [0.25, 0.3) is 0 Å². The Morgan fingerprint density at radius 2 is 0.459 bits per heavy atom. The lowest BCUT2D eigenvalue weighted by Crippen LogP contribution is -2.30. The van der Waals surface area contributed by atoms with Crippen LogP contribution < -0.4 is 0 Å². The molecule has 18 heteroatoms. The van der Waals surface area contributed by atoms with Crippen molar-refractivity contribution in [3.8, 4) is 0 Å². The number of aliphatic hydroxyl groups excluding tert-OH is 2. The Balaban J connectivity index is 4.54. The van der Waals surface area contributed by atoms with Crippen molar-refractivity contribution in [3.63, 3.8) is 0 Å². The number of aliphatic hydroxyl groups is 2. The average Bonchev–Trinajstić information content (AvgIpc) is 0.901. The highest BCUT2D eigenvalue weighted by molar-refractivity contribution is 7.47. The Labute approximate surface area is 662 Å². The van der Waals surface area contributed by atoms with Gasteiger partial charge in [0.2, 0.25) is 0 Å². The van der Waals surface area contributed by atoms with Gasteiger partial charge in [-0.05, 0) is 154 Å². The molecule has 0 fully saturated rings. The minimum Gasteiger partial charge on any atom is -0.463 e. The third kappa shape index (κ3) is 83.4. The van der Waals surface area contributed by atoms with Gasteiger partial charge in [0.25, 0.3) is 0 Å². The van der Waals surface area contributed by atoms with Crippen molar-refractivity contribution in [2.45, 2.75) is 334 Å². The normalized spacial score (nSPS) is 14.8. The van der Waals surface area contributed by atoms with Crippen molar-refractivity contribution in [2.75, 3.05) is 39.6 Å². The van der Waals surface area contributed by atoms with Gasteiger partial charge in [-0.1, -0.05) is 325 Å². The number of allylic oxidation sites excluding steroid dienone is 30. The van der Waals surface area contributed by atoms with Gasteiger partial charge < -0.3 is 34.2 Å². The van der Waals surface area contributed by atoms with E-state index >= 15 is 0 Å². The number of phosphoric ester groups is 2. The summed E-state index contributed by atoms with van der Waals surface area (Å²) < 4.78 is 61.2. The van der Waals surface area contributed by atoms with Crippen LogP contribution in [-0.4, -0.2) is 95.9 Å². The third-order valence-electron chi connectivity index (χ3n) is 17.1. The second-order valence-electron chi connectivity index (χ2n) is 27.5. The first-order valence-electron chi connectivity index (χ1n) is 42.1. The molecule has 5 unspecified atom stereocenters. The molecule has 0 aliphatic carbocycles. The molecular weight excluding hydrogens is 1410 g/mol. The fourth-order valence-corrected chi connectivity index (χ4v) is 12.4. The first kappa shape index (κ1) is 104. The van der Waals surface area contributed by atoms with E-state index in [9.17, 15) is 43.5 Å². The number of ether oxygens (including phenoxy) is 3. The van der Waals surface area contributed by atoms with Crippen molar-refractivity contribution in [1.29, 1.82) is 0 Å². The molecule has 0 aliphatic heterocycles. The zero-order valence-corrected chi connectivity index (χ0v) is 69.7. The maximum absolute atomic E-state index is 13.0. The minimum absolute atomic E-state index is 0.0681. The molecule has 0 saturated carbocycles. The van der Waals surface area contributed by atoms with E-state index in [0.717, 1.165) is 193 Å². The van der Waals surface area contributed by atoms with Crippen LogP contribution in [0.15, 0.2) is 182 Å². The summed E-state index contributed by atoms with van der Waals surface area (Å²) in [6.07, 6.45) is 107. The van der Waals surface area contributed by atoms with Gasteiger partial charge in [0.05, 0.1) is 26.4 Å². The SMILES string of the molecule is CC/C=C\C/C=C\C/C=C\C/C=C\C/C=C\C/C=C\CCCCCCCCCCCCCCCCC(=O)OCC(O)COP(=O)(O)OCC(O)COP(=O)(O)OCC(COC(=O)CCCCCCCCC/C=C\C/C=C\C/C=C\C/C=C\C/C=C\CC)OC(=O)CCCCCC/C=C\C/C=C\C/C=C\C/C=C\CC. The zero-order valence-electron chi connectivity index (χ0n) is 67.9. The number of hydrogen-bond donors (Lipinski definition) is 4. The highest BCUT2D eigenvalue weighted by Gasteiger charge is 2.29.